The Balaban J connectivity index is 2.22. The minimum Gasteiger partial charge on any atom is -0.398 e. The second-order valence-corrected chi connectivity index (χ2v) is 4.43. The lowest BCUT2D eigenvalue weighted by Gasteiger charge is -2.20. The Kier molecular flexibility index (Phi) is 3.83. The van der Waals surface area contributed by atoms with Crippen molar-refractivity contribution in [2.45, 2.75) is 12.7 Å². The second kappa shape index (κ2) is 5.40. The molecule has 0 unspecified atom stereocenters. The lowest BCUT2D eigenvalue weighted by atomic mass is 10.1. The highest BCUT2D eigenvalue weighted by Crippen LogP contribution is 2.29. The van der Waals surface area contributed by atoms with Crippen LogP contribution in [0.3, 0.4) is 0 Å². The summed E-state index contributed by atoms with van der Waals surface area (Å²) in [5.74, 6) is 0.253. The van der Waals surface area contributed by atoms with Gasteiger partial charge in [-0.05, 0) is 23.8 Å². The predicted molar refractivity (Wildman–Crippen MR) is 72.2 cm³/mol. The summed E-state index contributed by atoms with van der Waals surface area (Å²) in [6, 6.07) is 11.1. The van der Waals surface area contributed by atoms with Gasteiger partial charge in [0.15, 0.2) is 0 Å². The SMILES string of the molecule is CN(Cc1ccccc1N)c1cccc(C(F)(F)F)n1. The molecule has 2 rings (SSSR count). The molecule has 0 radical (unpaired) electrons. The highest BCUT2D eigenvalue weighted by atomic mass is 19.4. The number of hydrogen-bond acceptors (Lipinski definition) is 3. The number of nitrogens with zero attached hydrogens (tertiary/aromatic N) is 2. The van der Waals surface area contributed by atoms with Crippen LogP contribution in [0.4, 0.5) is 24.7 Å². The Morgan fingerprint density at radius 2 is 1.80 bits per heavy atom. The van der Waals surface area contributed by atoms with Crippen LogP contribution in [0.15, 0.2) is 42.5 Å². The average Bonchev–Trinajstić information content (AvgIpc) is 2.40. The minimum absolute atomic E-state index is 0.253. The largest absolute Gasteiger partial charge is 0.433 e. The van der Waals surface area contributed by atoms with E-state index in [1.54, 1.807) is 24.1 Å². The van der Waals surface area contributed by atoms with Crippen molar-refractivity contribution < 1.29 is 13.2 Å². The van der Waals surface area contributed by atoms with Crippen LogP contribution in [0.5, 0.6) is 0 Å². The number of hydrogen-bond donors (Lipinski definition) is 1. The van der Waals surface area contributed by atoms with E-state index >= 15 is 0 Å². The molecule has 106 valence electrons. The molecule has 1 aromatic carbocycles. The number of nitrogens with two attached hydrogens (primary N) is 1. The number of benzene rings is 1. The maximum atomic E-state index is 12.6. The van der Waals surface area contributed by atoms with Crippen molar-refractivity contribution in [2.75, 3.05) is 17.7 Å². The van der Waals surface area contributed by atoms with Crippen molar-refractivity contribution in [1.82, 2.24) is 4.98 Å². The molecule has 1 heterocycles. The predicted octanol–water partition coefficient (Wildman–Crippen LogP) is 3.32. The van der Waals surface area contributed by atoms with Crippen molar-refractivity contribution in [2.24, 2.45) is 0 Å². The van der Waals surface area contributed by atoms with Gasteiger partial charge in [-0.25, -0.2) is 4.98 Å². The lowest BCUT2D eigenvalue weighted by Crippen LogP contribution is -2.20. The molecule has 0 atom stereocenters. The van der Waals surface area contributed by atoms with Crippen molar-refractivity contribution in [3.05, 3.63) is 53.7 Å². The Labute approximate surface area is 114 Å². The van der Waals surface area contributed by atoms with Gasteiger partial charge in [-0.3, -0.25) is 0 Å². The van der Waals surface area contributed by atoms with Crippen molar-refractivity contribution in [1.29, 1.82) is 0 Å². The molecule has 0 aliphatic carbocycles. The molecular formula is C14H14F3N3. The van der Waals surface area contributed by atoms with E-state index in [9.17, 15) is 13.2 Å². The van der Waals surface area contributed by atoms with Crippen LogP contribution < -0.4 is 10.6 Å². The van der Waals surface area contributed by atoms with E-state index in [4.69, 9.17) is 5.73 Å². The molecule has 0 aliphatic heterocycles. The fourth-order valence-corrected chi connectivity index (χ4v) is 1.81. The minimum atomic E-state index is -4.44. The summed E-state index contributed by atoms with van der Waals surface area (Å²) >= 11 is 0. The fraction of sp³-hybridized carbons (Fsp3) is 0.214. The number of nitrogen functional groups attached to an aromatic ring is 1. The van der Waals surface area contributed by atoms with Gasteiger partial charge in [0.25, 0.3) is 0 Å². The molecule has 0 aliphatic rings. The third-order valence-electron chi connectivity index (χ3n) is 2.88. The molecule has 0 saturated carbocycles. The van der Waals surface area contributed by atoms with E-state index < -0.39 is 11.9 Å². The molecule has 0 amide bonds. The van der Waals surface area contributed by atoms with Crippen LogP contribution in [-0.4, -0.2) is 12.0 Å². The van der Waals surface area contributed by atoms with Crippen LogP contribution in [0.25, 0.3) is 0 Å². The molecule has 20 heavy (non-hydrogen) atoms. The van der Waals surface area contributed by atoms with Crippen LogP contribution in [0.2, 0.25) is 0 Å². The molecule has 0 saturated heterocycles. The van der Waals surface area contributed by atoms with E-state index in [1.165, 1.54) is 12.1 Å². The zero-order chi connectivity index (χ0) is 14.8. The Morgan fingerprint density at radius 1 is 1.10 bits per heavy atom. The van der Waals surface area contributed by atoms with Crippen molar-refractivity contribution in [3.8, 4) is 0 Å². The number of para-hydroxylation sites is 1. The zero-order valence-electron chi connectivity index (χ0n) is 10.9. The highest BCUT2D eigenvalue weighted by Gasteiger charge is 2.32. The molecule has 2 N–H and O–H groups in total. The topological polar surface area (TPSA) is 42.1 Å². The van der Waals surface area contributed by atoms with Crippen LogP contribution in [0.1, 0.15) is 11.3 Å². The Hall–Kier alpha value is -2.24. The maximum Gasteiger partial charge on any atom is 0.433 e. The van der Waals surface area contributed by atoms with Crippen molar-refractivity contribution in [3.63, 3.8) is 0 Å². The first-order valence-electron chi connectivity index (χ1n) is 5.96. The van der Waals surface area contributed by atoms with Crippen LogP contribution in [-0.2, 0) is 12.7 Å². The number of pyridine rings is 1. The first-order valence-corrected chi connectivity index (χ1v) is 5.96. The molecule has 6 heteroatoms. The van der Waals surface area contributed by atoms with E-state index in [2.05, 4.69) is 4.98 Å². The smallest absolute Gasteiger partial charge is 0.398 e. The Morgan fingerprint density at radius 3 is 2.45 bits per heavy atom. The lowest BCUT2D eigenvalue weighted by molar-refractivity contribution is -0.141. The quantitative estimate of drug-likeness (QED) is 0.878. The molecular weight excluding hydrogens is 267 g/mol. The maximum absolute atomic E-state index is 12.6. The average molecular weight is 281 g/mol. The van der Waals surface area contributed by atoms with Gasteiger partial charge < -0.3 is 10.6 Å². The van der Waals surface area contributed by atoms with Gasteiger partial charge in [0.1, 0.15) is 11.5 Å². The molecule has 3 nitrogen and oxygen atoms in total. The normalized spacial score (nSPS) is 11.4. The number of halogens is 3. The molecule has 0 spiro atoms. The van der Waals surface area contributed by atoms with Gasteiger partial charge in [-0.1, -0.05) is 24.3 Å². The van der Waals surface area contributed by atoms with E-state index in [0.29, 0.717) is 12.2 Å². The summed E-state index contributed by atoms with van der Waals surface area (Å²) in [4.78, 5) is 5.26. The first-order chi connectivity index (χ1) is 9.38. The standard InChI is InChI=1S/C14H14F3N3/c1-20(9-10-5-2-3-6-11(10)18)13-8-4-7-12(19-13)14(15,16)17/h2-8H,9,18H2,1H3. The van der Waals surface area contributed by atoms with Gasteiger partial charge in [0.2, 0.25) is 0 Å². The summed E-state index contributed by atoms with van der Waals surface area (Å²) in [6.07, 6.45) is -4.44. The number of anilines is 2. The van der Waals surface area contributed by atoms with Gasteiger partial charge in [0.05, 0.1) is 0 Å². The first kappa shape index (κ1) is 14.2. The summed E-state index contributed by atoms with van der Waals surface area (Å²) in [5, 5.41) is 0. The third kappa shape index (κ3) is 3.20. The van der Waals surface area contributed by atoms with Gasteiger partial charge >= 0.3 is 6.18 Å². The van der Waals surface area contributed by atoms with E-state index in [0.717, 1.165) is 11.6 Å². The summed E-state index contributed by atoms with van der Waals surface area (Å²) in [5.41, 5.74) is 6.36. The van der Waals surface area contributed by atoms with E-state index in [-0.39, 0.29) is 5.82 Å². The molecule has 2 aromatic rings. The molecule has 0 bridgehead atoms. The van der Waals surface area contributed by atoms with Gasteiger partial charge in [0, 0.05) is 19.3 Å². The zero-order valence-corrected chi connectivity index (χ0v) is 10.9. The third-order valence-corrected chi connectivity index (χ3v) is 2.88. The Bertz CT molecular complexity index is 596. The summed E-state index contributed by atoms with van der Waals surface area (Å²) < 4.78 is 37.9. The monoisotopic (exact) mass is 281 g/mol. The number of aromatic nitrogens is 1. The van der Waals surface area contributed by atoms with E-state index in [1.807, 2.05) is 12.1 Å². The number of rotatable bonds is 3. The summed E-state index contributed by atoms with van der Waals surface area (Å²) in [7, 11) is 1.68. The van der Waals surface area contributed by atoms with Crippen molar-refractivity contribution >= 4 is 11.5 Å². The molecule has 1 aromatic heterocycles. The second-order valence-electron chi connectivity index (χ2n) is 4.43. The van der Waals surface area contributed by atoms with Crippen LogP contribution >= 0.6 is 0 Å². The highest BCUT2D eigenvalue weighted by molar-refractivity contribution is 5.49. The van der Waals surface area contributed by atoms with Crippen LogP contribution in [0, 0.1) is 0 Å². The van der Waals surface area contributed by atoms with Gasteiger partial charge in [-0.2, -0.15) is 13.2 Å². The summed E-state index contributed by atoms with van der Waals surface area (Å²) in [6.45, 7) is 0.390. The van der Waals surface area contributed by atoms with Gasteiger partial charge in [-0.15, -0.1) is 0 Å². The number of alkyl halides is 3. The fourth-order valence-electron chi connectivity index (χ4n) is 1.81. The molecule has 0 fully saturated rings.